The Bertz CT molecular complexity index is 877. The molecule has 25 heavy (non-hydrogen) atoms. The number of esters is 1. The molecule has 1 aliphatic rings. The molecule has 1 aliphatic carbocycles. The van der Waals surface area contributed by atoms with Gasteiger partial charge in [0.25, 0.3) is 5.56 Å². The quantitative estimate of drug-likeness (QED) is 0.779. The van der Waals surface area contributed by atoms with Crippen LogP contribution in [0.15, 0.2) is 11.1 Å². The summed E-state index contributed by atoms with van der Waals surface area (Å²) in [5, 5.41) is 0.399. The molecule has 2 aromatic heterocycles. The monoisotopic (exact) mass is 362 g/mol. The molecule has 134 valence electrons. The molecule has 0 N–H and O–H groups in total. The fourth-order valence-corrected chi connectivity index (χ4v) is 4.21. The highest BCUT2D eigenvalue weighted by Crippen LogP contribution is 2.29. The summed E-state index contributed by atoms with van der Waals surface area (Å²) in [5.74, 6) is -0.494. The van der Waals surface area contributed by atoms with Gasteiger partial charge in [0.2, 0.25) is 0 Å². The Labute approximate surface area is 149 Å². The first-order chi connectivity index (χ1) is 11.9. The van der Waals surface area contributed by atoms with Crippen molar-refractivity contribution in [2.75, 3.05) is 0 Å². The highest BCUT2D eigenvalue weighted by Gasteiger charge is 2.25. The third kappa shape index (κ3) is 3.38. The molecule has 1 fully saturated rings. The molecule has 0 spiro atoms. The number of fused-ring (bicyclic) bond motifs is 1. The summed E-state index contributed by atoms with van der Waals surface area (Å²) in [6.07, 6.45) is 6.50. The van der Waals surface area contributed by atoms with E-state index in [-0.39, 0.29) is 23.4 Å². The molecule has 0 radical (unpaired) electrons. The van der Waals surface area contributed by atoms with Gasteiger partial charge in [0.1, 0.15) is 15.8 Å². The van der Waals surface area contributed by atoms with Crippen LogP contribution in [0.4, 0.5) is 0 Å². The van der Waals surface area contributed by atoms with Crippen LogP contribution in [-0.4, -0.2) is 27.4 Å². The zero-order valence-electron chi connectivity index (χ0n) is 14.7. The lowest BCUT2D eigenvalue weighted by atomic mass is 9.98. The maximum absolute atomic E-state index is 12.7. The average Bonchev–Trinajstić information content (AvgIpc) is 2.93. The van der Waals surface area contributed by atoms with E-state index in [1.165, 1.54) is 35.6 Å². The molecule has 1 atom stereocenters. The molecule has 2 heterocycles. The standard InChI is InChI=1S/C18H22N2O4S/c1-10-14-16(19-9-20(17(14)22)11(2)12(3)21)25-15(10)18(23)24-13-7-5-4-6-8-13/h9,11,13H,4-8H2,1-3H3. The minimum Gasteiger partial charge on any atom is -0.458 e. The van der Waals surface area contributed by atoms with Crippen molar-refractivity contribution in [2.24, 2.45) is 0 Å². The summed E-state index contributed by atoms with van der Waals surface area (Å²) in [6, 6.07) is -0.582. The second-order valence-electron chi connectivity index (χ2n) is 6.65. The van der Waals surface area contributed by atoms with Crippen molar-refractivity contribution in [3.05, 3.63) is 27.1 Å². The fourth-order valence-electron chi connectivity index (χ4n) is 3.19. The van der Waals surface area contributed by atoms with E-state index in [0.29, 0.717) is 20.7 Å². The lowest BCUT2D eigenvalue weighted by Gasteiger charge is -2.21. The summed E-state index contributed by atoms with van der Waals surface area (Å²) in [7, 11) is 0. The van der Waals surface area contributed by atoms with Crippen LogP contribution in [0.5, 0.6) is 0 Å². The normalized spacial score (nSPS) is 16.8. The number of nitrogens with zero attached hydrogens (tertiary/aromatic N) is 2. The number of carbonyl (C=O) groups is 2. The zero-order valence-corrected chi connectivity index (χ0v) is 15.5. The van der Waals surface area contributed by atoms with E-state index < -0.39 is 6.04 Å². The van der Waals surface area contributed by atoms with Crippen LogP contribution in [0.3, 0.4) is 0 Å². The molecule has 1 saturated carbocycles. The van der Waals surface area contributed by atoms with Crippen molar-refractivity contribution in [3.63, 3.8) is 0 Å². The Morgan fingerprint density at radius 2 is 2.00 bits per heavy atom. The molecule has 0 amide bonds. The lowest BCUT2D eigenvalue weighted by Crippen LogP contribution is -2.27. The van der Waals surface area contributed by atoms with Crippen LogP contribution in [-0.2, 0) is 9.53 Å². The SMILES string of the molecule is CC(=O)C(C)n1cnc2sc(C(=O)OC3CCCCC3)c(C)c2c1=O. The van der Waals surface area contributed by atoms with E-state index in [1.807, 2.05) is 0 Å². The third-order valence-corrected chi connectivity index (χ3v) is 6.07. The summed E-state index contributed by atoms with van der Waals surface area (Å²) >= 11 is 1.18. The molecular formula is C18H22N2O4S. The van der Waals surface area contributed by atoms with Gasteiger partial charge in [0.05, 0.1) is 17.8 Å². The Morgan fingerprint density at radius 1 is 1.32 bits per heavy atom. The first kappa shape index (κ1) is 17.8. The minimum atomic E-state index is -0.582. The number of rotatable bonds is 4. The number of aromatic nitrogens is 2. The largest absolute Gasteiger partial charge is 0.458 e. The van der Waals surface area contributed by atoms with Crippen LogP contribution in [0.25, 0.3) is 10.2 Å². The summed E-state index contributed by atoms with van der Waals surface area (Å²) < 4.78 is 6.94. The Balaban J connectivity index is 1.96. The fraction of sp³-hybridized carbons (Fsp3) is 0.556. The van der Waals surface area contributed by atoms with E-state index in [2.05, 4.69) is 4.98 Å². The maximum Gasteiger partial charge on any atom is 0.348 e. The number of carbonyl (C=O) groups excluding carboxylic acids is 2. The van der Waals surface area contributed by atoms with Crippen molar-refractivity contribution in [1.29, 1.82) is 0 Å². The first-order valence-electron chi connectivity index (χ1n) is 8.61. The summed E-state index contributed by atoms with van der Waals surface area (Å²) in [4.78, 5) is 42.1. The van der Waals surface area contributed by atoms with Crippen LogP contribution in [0.1, 0.15) is 67.2 Å². The van der Waals surface area contributed by atoms with E-state index in [4.69, 9.17) is 4.74 Å². The second-order valence-corrected chi connectivity index (χ2v) is 7.64. The molecule has 2 aromatic rings. The van der Waals surface area contributed by atoms with E-state index in [0.717, 1.165) is 25.7 Å². The number of hydrogen-bond acceptors (Lipinski definition) is 6. The Morgan fingerprint density at radius 3 is 2.64 bits per heavy atom. The van der Waals surface area contributed by atoms with Crippen LogP contribution >= 0.6 is 11.3 Å². The van der Waals surface area contributed by atoms with Gasteiger partial charge in [-0.05, 0) is 52.0 Å². The summed E-state index contributed by atoms with van der Waals surface area (Å²) in [5.41, 5.74) is 0.293. The smallest absolute Gasteiger partial charge is 0.348 e. The molecule has 0 aliphatic heterocycles. The van der Waals surface area contributed by atoms with Gasteiger partial charge in [0, 0.05) is 0 Å². The van der Waals surface area contributed by atoms with Crippen molar-refractivity contribution in [2.45, 2.75) is 65.0 Å². The maximum atomic E-state index is 12.7. The van der Waals surface area contributed by atoms with Crippen molar-refractivity contribution >= 4 is 33.3 Å². The number of hydrogen-bond donors (Lipinski definition) is 0. The second kappa shape index (κ2) is 7.07. The van der Waals surface area contributed by atoms with Gasteiger partial charge in [-0.1, -0.05) is 6.42 Å². The molecule has 0 bridgehead atoms. The third-order valence-electron chi connectivity index (χ3n) is 4.89. The zero-order chi connectivity index (χ0) is 18.1. The van der Waals surface area contributed by atoms with Crippen molar-refractivity contribution in [3.8, 4) is 0 Å². The molecule has 7 heteroatoms. The van der Waals surface area contributed by atoms with Gasteiger partial charge in [-0.15, -0.1) is 11.3 Å². The van der Waals surface area contributed by atoms with E-state index in [1.54, 1.807) is 13.8 Å². The number of ether oxygens (including phenoxy) is 1. The van der Waals surface area contributed by atoms with Gasteiger partial charge in [0.15, 0.2) is 5.78 Å². The van der Waals surface area contributed by atoms with Gasteiger partial charge >= 0.3 is 5.97 Å². The number of Topliss-reactive ketones (excluding diaryl/α,β-unsaturated/α-hetero) is 1. The number of thiophene rings is 1. The number of ketones is 1. The number of aryl methyl sites for hydroxylation is 1. The molecule has 3 rings (SSSR count). The Hall–Kier alpha value is -2.02. The van der Waals surface area contributed by atoms with Crippen molar-refractivity contribution < 1.29 is 14.3 Å². The molecule has 0 saturated heterocycles. The van der Waals surface area contributed by atoms with Gasteiger partial charge in [-0.3, -0.25) is 14.2 Å². The molecule has 1 unspecified atom stereocenters. The van der Waals surface area contributed by atoms with Crippen LogP contribution in [0, 0.1) is 6.92 Å². The van der Waals surface area contributed by atoms with Crippen LogP contribution < -0.4 is 5.56 Å². The highest BCUT2D eigenvalue weighted by atomic mass is 32.1. The van der Waals surface area contributed by atoms with Crippen molar-refractivity contribution in [1.82, 2.24) is 9.55 Å². The average molecular weight is 362 g/mol. The highest BCUT2D eigenvalue weighted by molar-refractivity contribution is 7.20. The predicted molar refractivity (Wildman–Crippen MR) is 96.3 cm³/mol. The van der Waals surface area contributed by atoms with Gasteiger partial charge < -0.3 is 4.74 Å². The van der Waals surface area contributed by atoms with E-state index >= 15 is 0 Å². The van der Waals surface area contributed by atoms with Crippen LogP contribution in [0.2, 0.25) is 0 Å². The van der Waals surface area contributed by atoms with E-state index in [9.17, 15) is 14.4 Å². The lowest BCUT2D eigenvalue weighted by molar-refractivity contribution is -0.119. The topological polar surface area (TPSA) is 78.3 Å². The molecule has 0 aromatic carbocycles. The Kier molecular flexibility index (Phi) is 5.03. The minimum absolute atomic E-state index is 0.0341. The molecule has 6 nitrogen and oxygen atoms in total. The summed E-state index contributed by atoms with van der Waals surface area (Å²) in [6.45, 7) is 4.84. The first-order valence-corrected chi connectivity index (χ1v) is 9.43. The molecular weight excluding hydrogens is 340 g/mol. The predicted octanol–water partition coefficient (Wildman–Crippen LogP) is 3.41. The van der Waals surface area contributed by atoms with Gasteiger partial charge in [-0.2, -0.15) is 0 Å². The van der Waals surface area contributed by atoms with Gasteiger partial charge in [-0.25, -0.2) is 9.78 Å².